The molecule has 3 rings (SSSR count). The summed E-state index contributed by atoms with van der Waals surface area (Å²) in [5.41, 5.74) is -0.398. The highest BCUT2D eigenvalue weighted by Gasteiger charge is 2.36. The predicted molar refractivity (Wildman–Crippen MR) is 119 cm³/mol. The lowest BCUT2D eigenvalue weighted by Gasteiger charge is -2.20. The second-order valence-corrected chi connectivity index (χ2v) is 8.54. The van der Waals surface area contributed by atoms with Gasteiger partial charge in [0, 0.05) is 0 Å². The molecule has 1 unspecified atom stereocenters. The smallest absolute Gasteiger partial charge is 0.204 e. The maximum atomic E-state index is 13.8. The first-order valence-corrected chi connectivity index (χ1v) is 10.7. The fraction of sp³-hybridized carbons (Fsp3) is 0.130. The van der Waals surface area contributed by atoms with E-state index in [0.29, 0.717) is 22.6 Å². The monoisotopic (exact) mass is 442 g/mol. The van der Waals surface area contributed by atoms with Crippen molar-refractivity contribution in [3.8, 4) is 17.2 Å². The highest BCUT2D eigenvalue weighted by Crippen LogP contribution is 2.48. The molecule has 0 spiro atoms. The van der Waals surface area contributed by atoms with E-state index in [1.807, 2.05) is 6.07 Å². The summed E-state index contributed by atoms with van der Waals surface area (Å²) in [7, 11) is 2.38. The van der Waals surface area contributed by atoms with Crippen molar-refractivity contribution in [3.63, 3.8) is 0 Å². The average Bonchev–Trinajstić information content (AvgIpc) is 2.78. The molecule has 0 saturated heterocycles. The minimum absolute atomic E-state index is 0.179. The van der Waals surface area contributed by atoms with Crippen molar-refractivity contribution >= 4 is 35.9 Å². The van der Waals surface area contributed by atoms with Crippen molar-refractivity contribution in [3.05, 3.63) is 82.9 Å². The van der Waals surface area contributed by atoms with E-state index >= 15 is 0 Å². The highest BCUT2D eigenvalue weighted by molar-refractivity contribution is 7.96. The third kappa shape index (κ3) is 4.18. The molecule has 3 aromatic carbocycles. The normalized spacial score (nSPS) is 11.5. The van der Waals surface area contributed by atoms with Crippen molar-refractivity contribution < 1.29 is 23.8 Å². The van der Waals surface area contributed by atoms with Crippen LogP contribution in [0.15, 0.2) is 66.7 Å². The van der Waals surface area contributed by atoms with Crippen LogP contribution < -0.4 is 19.5 Å². The molecule has 1 atom stereocenters. The Hall–Kier alpha value is -2.88. The molecule has 30 heavy (non-hydrogen) atoms. The molecule has 0 aliphatic carbocycles. The van der Waals surface area contributed by atoms with Crippen LogP contribution in [0.1, 0.15) is 20.7 Å². The lowest BCUT2D eigenvalue weighted by atomic mass is 10.2. The summed E-state index contributed by atoms with van der Waals surface area (Å²) in [4.78, 5) is 27.5. The van der Waals surface area contributed by atoms with Gasteiger partial charge >= 0.3 is 0 Å². The molecule has 7 heteroatoms. The summed E-state index contributed by atoms with van der Waals surface area (Å²) in [6, 6.07) is 18.9. The van der Waals surface area contributed by atoms with Gasteiger partial charge in [-0.25, -0.2) is 0 Å². The molecular weight excluding hydrogens is 423 g/mol. The minimum atomic E-state index is -2.01. The van der Waals surface area contributed by atoms with Crippen LogP contribution in [0.2, 0.25) is 5.02 Å². The van der Waals surface area contributed by atoms with E-state index in [9.17, 15) is 9.59 Å². The summed E-state index contributed by atoms with van der Waals surface area (Å²) in [5, 5.41) is 0.819. The summed E-state index contributed by atoms with van der Waals surface area (Å²) >= 11 is 6.35. The van der Waals surface area contributed by atoms with Crippen LogP contribution in [0.3, 0.4) is 0 Å². The number of rotatable bonds is 8. The van der Waals surface area contributed by atoms with Crippen LogP contribution in [-0.4, -0.2) is 32.4 Å². The molecule has 154 valence electrons. The van der Waals surface area contributed by atoms with Gasteiger partial charge in [0.25, 0.3) is 0 Å². The summed E-state index contributed by atoms with van der Waals surface area (Å²) in [5.74, 6) is 0.985. The van der Waals surface area contributed by atoms with Gasteiger partial charge in [0.1, 0.15) is 22.8 Å². The van der Waals surface area contributed by atoms with Crippen LogP contribution >= 0.6 is 19.5 Å². The van der Waals surface area contributed by atoms with E-state index in [1.165, 1.54) is 21.3 Å². The second kappa shape index (κ2) is 9.75. The van der Waals surface area contributed by atoms with Crippen molar-refractivity contribution in [2.45, 2.75) is 0 Å². The molecule has 3 aromatic rings. The first-order valence-electron chi connectivity index (χ1n) is 9.00. The van der Waals surface area contributed by atoms with Crippen LogP contribution in [0, 0.1) is 0 Å². The van der Waals surface area contributed by atoms with Crippen molar-refractivity contribution in [1.82, 2.24) is 0 Å². The largest absolute Gasteiger partial charge is 0.496 e. The van der Waals surface area contributed by atoms with Gasteiger partial charge in [-0.2, -0.15) is 0 Å². The number of halogens is 1. The number of benzene rings is 3. The number of carbonyl (C=O) groups is 2. The zero-order valence-electron chi connectivity index (χ0n) is 16.7. The molecular formula is C23H20ClO5P. The number of hydrogen-bond donors (Lipinski definition) is 0. The molecule has 0 aromatic heterocycles. The van der Waals surface area contributed by atoms with Gasteiger partial charge in [-0.15, -0.1) is 0 Å². The van der Waals surface area contributed by atoms with Gasteiger partial charge < -0.3 is 14.2 Å². The van der Waals surface area contributed by atoms with Gasteiger partial charge in [-0.3, -0.25) is 9.59 Å². The fourth-order valence-corrected chi connectivity index (χ4v) is 5.41. The van der Waals surface area contributed by atoms with E-state index in [0.717, 1.165) is 0 Å². The Bertz CT molecular complexity index is 1050. The number of carbonyl (C=O) groups excluding carboxylic acids is 2. The maximum absolute atomic E-state index is 13.8. The molecule has 0 bridgehead atoms. The molecule has 0 saturated carbocycles. The summed E-state index contributed by atoms with van der Waals surface area (Å²) < 4.78 is 16.1. The maximum Gasteiger partial charge on any atom is 0.204 e. The third-order valence-corrected chi connectivity index (χ3v) is 6.86. The Morgan fingerprint density at radius 2 is 1.13 bits per heavy atom. The Labute approximate surface area is 181 Å². The summed E-state index contributed by atoms with van der Waals surface area (Å²) in [6.45, 7) is 0. The fourth-order valence-electron chi connectivity index (χ4n) is 3.07. The lowest BCUT2D eigenvalue weighted by molar-refractivity contribution is 0.105. The van der Waals surface area contributed by atoms with E-state index < -0.39 is 19.0 Å². The number of methoxy groups -OCH3 is 3. The van der Waals surface area contributed by atoms with Crippen LogP contribution in [0.4, 0.5) is 0 Å². The molecule has 0 aliphatic heterocycles. The Morgan fingerprint density at radius 3 is 1.67 bits per heavy atom. The summed E-state index contributed by atoms with van der Waals surface area (Å²) in [6.07, 6.45) is 0. The molecule has 0 amide bonds. The molecule has 0 radical (unpaired) electrons. The van der Waals surface area contributed by atoms with Crippen molar-refractivity contribution in [2.24, 2.45) is 0 Å². The Morgan fingerprint density at radius 1 is 0.667 bits per heavy atom. The van der Waals surface area contributed by atoms with Gasteiger partial charge in [0.15, 0.2) is 0 Å². The Kier molecular flexibility index (Phi) is 7.09. The molecule has 0 fully saturated rings. The van der Waals surface area contributed by atoms with E-state index in [-0.39, 0.29) is 16.1 Å². The molecule has 5 nitrogen and oxygen atoms in total. The van der Waals surface area contributed by atoms with Crippen LogP contribution in [0.25, 0.3) is 0 Å². The van der Waals surface area contributed by atoms with Gasteiger partial charge in [-0.1, -0.05) is 54.1 Å². The quantitative estimate of drug-likeness (QED) is 0.451. The standard InChI is InChI=1S/C23H20ClO5P/c1-27-17-12-7-11-16(24)20(17)22(25)30(15-9-5-4-6-10-15)23(26)21-18(28-2)13-8-14-19(21)29-3/h4-14H,1-3H3. The lowest BCUT2D eigenvalue weighted by Crippen LogP contribution is -2.18. The number of ether oxygens (including phenoxy) is 3. The average molecular weight is 443 g/mol. The minimum Gasteiger partial charge on any atom is -0.496 e. The second-order valence-electron chi connectivity index (χ2n) is 6.14. The van der Waals surface area contributed by atoms with Gasteiger partial charge in [0.2, 0.25) is 11.0 Å². The zero-order chi connectivity index (χ0) is 21.7. The van der Waals surface area contributed by atoms with E-state index in [4.69, 9.17) is 25.8 Å². The van der Waals surface area contributed by atoms with E-state index in [1.54, 1.807) is 60.7 Å². The van der Waals surface area contributed by atoms with Crippen molar-refractivity contribution in [2.75, 3.05) is 21.3 Å². The first-order chi connectivity index (χ1) is 14.5. The van der Waals surface area contributed by atoms with Gasteiger partial charge in [-0.05, 0) is 29.6 Å². The molecule has 0 N–H and O–H groups in total. The van der Waals surface area contributed by atoms with E-state index in [2.05, 4.69) is 0 Å². The SMILES string of the molecule is COc1cccc(Cl)c1C(=O)P(C(=O)c1c(OC)cccc1OC)c1ccccc1. The van der Waals surface area contributed by atoms with Crippen LogP contribution in [0.5, 0.6) is 17.2 Å². The van der Waals surface area contributed by atoms with Crippen LogP contribution in [-0.2, 0) is 0 Å². The third-order valence-electron chi connectivity index (χ3n) is 4.47. The topological polar surface area (TPSA) is 61.8 Å². The Balaban J connectivity index is 2.22. The molecule has 0 aliphatic rings. The highest BCUT2D eigenvalue weighted by atomic mass is 35.5. The van der Waals surface area contributed by atoms with Crippen molar-refractivity contribution in [1.29, 1.82) is 0 Å². The predicted octanol–water partition coefficient (Wildman–Crippen LogP) is 5.15. The first kappa shape index (κ1) is 21.8. The zero-order valence-corrected chi connectivity index (χ0v) is 18.4. The number of hydrogen-bond acceptors (Lipinski definition) is 5. The molecule has 0 heterocycles. The van der Waals surface area contributed by atoms with Gasteiger partial charge in [0.05, 0.1) is 39.8 Å².